The quantitative estimate of drug-likeness (QED) is 0.656. The van der Waals surface area contributed by atoms with Crippen LogP contribution in [0.1, 0.15) is 29.8 Å². The van der Waals surface area contributed by atoms with Crippen molar-refractivity contribution in [2.24, 2.45) is 5.92 Å². The average Bonchev–Trinajstić information content (AvgIpc) is 2.49. The van der Waals surface area contributed by atoms with Crippen LogP contribution in [0.3, 0.4) is 0 Å². The molecule has 0 saturated heterocycles. The van der Waals surface area contributed by atoms with Gasteiger partial charge in [-0.15, -0.1) is 0 Å². The van der Waals surface area contributed by atoms with Crippen LogP contribution in [0, 0.1) is 12.8 Å². The van der Waals surface area contributed by atoms with Gasteiger partial charge in [-0.2, -0.15) is 5.75 Å². The molecule has 1 aromatic rings. The predicted molar refractivity (Wildman–Crippen MR) is 86.4 cm³/mol. The maximum absolute atomic E-state index is 12.3. The molecule has 0 spiro atoms. The molecule has 0 bridgehead atoms. The fraction of sp³-hybridized carbons (Fsp3) is 0.438. The van der Waals surface area contributed by atoms with Crippen molar-refractivity contribution in [3.05, 3.63) is 35.4 Å². The zero-order chi connectivity index (χ0) is 17.6. The molecule has 126 valence electrons. The van der Waals surface area contributed by atoms with E-state index in [1.165, 1.54) is 0 Å². The fourth-order valence-electron chi connectivity index (χ4n) is 2.01. The Morgan fingerprint density at radius 3 is 2.26 bits per heavy atom. The third-order valence-corrected chi connectivity index (χ3v) is 3.73. The Balaban J connectivity index is 2.87. The lowest BCUT2D eigenvalue weighted by Gasteiger charge is -2.27. The number of hydrogen-bond donors (Lipinski definition) is 2. The van der Waals surface area contributed by atoms with E-state index in [-0.39, 0.29) is 17.6 Å². The smallest absolute Gasteiger partial charge is 0.252 e. The van der Waals surface area contributed by atoms with Crippen molar-refractivity contribution in [2.45, 2.75) is 32.9 Å². The molecule has 0 aliphatic rings. The van der Waals surface area contributed by atoms with Gasteiger partial charge in [0.15, 0.2) is 0 Å². The lowest BCUT2D eigenvalue weighted by molar-refractivity contribution is -0.307. The summed E-state index contributed by atoms with van der Waals surface area (Å²) in [4.78, 5) is 35.4. The molecule has 0 fully saturated rings. The Morgan fingerprint density at radius 2 is 1.78 bits per heavy atom. The van der Waals surface area contributed by atoms with Crippen LogP contribution in [0.2, 0.25) is 0 Å². The molecule has 0 aliphatic heterocycles. The van der Waals surface area contributed by atoms with Crippen LogP contribution in [0.25, 0.3) is 0 Å². The Bertz CT molecular complexity index is 589. The van der Waals surface area contributed by atoms with Crippen molar-refractivity contribution in [3.63, 3.8) is 0 Å². The highest BCUT2D eigenvalue weighted by Gasteiger charge is 2.26. The molecule has 2 N–H and O–H groups in total. The van der Waals surface area contributed by atoms with Crippen LogP contribution in [-0.4, -0.2) is 35.6 Å². The number of rotatable bonds is 7. The number of carbonyl (C=O) groups is 3. The fourth-order valence-corrected chi connectivity index (χ4v) is 2.23. The van der Waals surface area contributed by atoms with E-state index < -0.39 is 24.0 Å². The average molecular weight is 336 g/mol. The molecule has 0 radical (unpaired) electrons. The Kier molecular flexibility index (Phi) is 7.09. The largest absolute Gasteiger partial charge is 0.790 e. The number of benzene rings is 1. The monoisotopic (exact) mass is 336 g/mol. The molecule has 0 unspecified atom stereocenters. The first kappa shape index (κ1) is 19.0. The predicted octanol–water partition coefficient (Wildman–Crippen LogP) is -0.469. The van der Waals surface area contributed by atoms with E-state index in [2.05, 4.69) is 23.3 Å². The van der Waals surface area contributed by atoms with Crippen molar-refractivity contribution >= 4 is 30.4 Å². The standard InChI is InChI=1S/C16H22N2O4S/c1-9(2)13(15(20)17-12(8-23)16(21)22)18-14(19)11-7-5-4-6-10(11)3/h4-7,9,12-13,23H,8H2,1-3H3,(H,17,20)(H,18,19)(H,21,22)/p-2/t12-,13-/m1/s1. The summed E-state index contributed by atoms with van der Waals surface area (Å²) >= 11 is 4.68. The van der Waals surface area contributed by atoms with Crippen molar-refractivity contribution in [3.8, 4) is 0 Å². The Labute approximate surface area is 141 Å². The summed E-state index contributed by atoms with van der Waals surface area (Å²) in [6.45, 7) is 5.30. The summed E-state index contributed by atoms with van der Waals surface area (Å²) < 4.78 is 0. The minimum Gasteiger partial charge on any atom is -0.790 e. The summed E-state index contributed by atoms with van der Waals surface area (Å²) in [5, 5.41) is 15.8. The SMILES string of the molecule is Cc1ccccc1C(=O)N[C@@H](C(=O)N[C@H](C[S-])C(=O)[O-])C(C)C. The number of nitrogens with one attached hydrogen (secondary N) is 2. The van der Waals surface area contributed by atoms with Crippen LogP contribution in [0.5, 0.6) is 0 Å². The van der Waals surface area contributed by atoms with Gasteiger partial charge >= 0.3 is 0 Å². The Hall–Kier alpha value is -2.02. The molecule has 0 saturated carbocycles. The van der Waals surface area contributed by atoms with Gasteiger partial charge in [0, 0.05) is 11.6 Å². The molecule has 1 aromatic carbocycles. The van der Waals surface area contributed by atoms with E-state index in [4.69, 9.17) is 0 Å². The van der Waals surface area contributed by atoms with Crippen LogP contribution in [0.4, 0.5) is 0 Å². The number of hydrogen-bond acceptors (Lipinski definition) is 5. The van der Waals surface area contributed by atoms with Gasteiger partial charge in [-0.1, -0.05) is 32.0 Å². The van der Waals surface area contributed by atoms with Gasteiger partial charge in [0.05, 0.1) is 5.97 Å². The first-order valence-corrected chi connectivity index (χ1v) is 7.81. The molecule has 0 aromatic heterocycles. The highest BCUT2D eigenvalue weighted by Crippen LogP contribution is 2.09. The van der Waals surface area contributed by atoms with Crippen molar-refractivity contribution in [1.29, 1.82) is 0 Å². The molecule has 2 amide bonds. The molecule has 23 heavy (non-hydrogen) atoms. The first-order valence-electron chi connectivity index (χ1n) is 7.23. The molecular weight excluding hydrogens is 316 g/mol. The minimum atomic E-state index is -1.44. The number of carboxylic acids is 1. The minimum absolute atomic E-state index is 0.204. The number of carbonyl (C=O) groups excluding carboxylic acids is 3. The first-order chi connectivity index (χ1) is 10.8. The molecule has 2 atom stereocenters. The van der Waals surface area contributed by atoms with Crippen LogP contribution < -0.4 is 15.7 Å². The van der Waals surface area contributed by atoms with Gasteiger partial charge in [0.1, 0.15) is 6.04 Å². The second kappa shape index (κ2) is 8.57. The van der Waals surface area contributed by atoms with Crippen molar-refractivity contribution in [1.82, 2.24) is 10.6 Å². The summed E-state index contributed by atoms with van der Waals surface area (Å²) in [7, 11) is 0. The number of carboxylic acid groups (broad SMARTS) is 1. The second-order valence-electron chi connectivity index (χ2n) is 5.56. The van der Waals surface area contributed by atoms with Gasteiger partial charge in [-0.25, -0.2) is 0 Å². The number of aliphatic carboxylic acids is 1. The lowest BCUT2D eigenvalue weighted by Crippen LogP contribution is -2.56. The van der Waals surface area contributed by atoms with E-state index in [1.807, 2.05) is 6.07 Å². The summed E-state index contributed by atoms with van der Waals surface area (Å²) in [5.41, 5.74) is 1.25. The zero-order valence-corrected chi connectivity index (χ0v) is 14.1. The van der Waals surface area contributed by atoms with E-state index in [0.29, 0.717) is 5.56 Å². The van der Waals surface area contributed by atoms with Gasteiger partial charge in [-0.3, -0.25) is 9.59 Å². The molecule has 1 rings (SSSR count). The molecule has 0 heterocycles. The number of amides is 2. The van der Waals surface area contributed by atoms with Gasteiger partial charge < -0.3 is 33.2 Å². The molecular formula is C16H20N2O4S-2. The van der Waals surface area contributed by atoms with Gasteiger partial charge in [0.25, 0.3) is 5.91 Å². The summed E-state index contributed by atoms with van der Waals surface area (Å²) in [6, 6.07) is 4.87. The maximum atomic E-state index is 12.3. The van der Waals surface area contributed by atoms with Gasteiger partial charge in [0.2, 0.25) is 5.91 Å². The van der Waals surface area contributed by atoms with Gasteiger partial charge in [-0.05, 0) is 24.5 Å². The highest BCUT2D eigenvalue weighted by atomic mass is 32.1. The van der Waals surface area contributed by atoms with Crippen molar-refractivity contribution < 1.29 is 19.5 Å². The zero-order valence-electron chi connectivity index (χ0n) is 13.3. The molecule has 6 nitrogen and oxygen atoms in total. The third kappa shape index (κ3) is 5.28. The highest BCUT2D eigenvalue weighted by molar-refractivity contribution is 7.58. The lowest BCUT2D eigenvalue weighted by atomic mass is 10.0. The van der Waals surface area contributed by atoms with Crippen LogP contribution >= 0.6 is 0 Å². The Morgan fingerprint density at radius 1 is 1.17 bits per heavy atom. The topological polar surface area (TPSA) is 98.3 Å². The second-order valence-corrected chi connectivity index (χ2v) is 5.89. The van der Waals surface area contributed by atoms with E-state index >= 15 is 0 Å². The maximum Gasteiger partial charge on any atom is 0.252 e. The third-order valence-electron chi connectivity index (χ3n) is 3.39. The summed E-state index contributed by atoms with van der Waals surface area (Å²) in [5.74, 6) is -2.86. The summed E-state index contributed by atoms with van der Waals surface area (Å²) in [6.07, 6.45) is 0. The van der Waals surface area contributed by atoms with Crippen molar-refractivity contribution in [2.75, 3.05) is 5.75 Å². The van der Waals surface area contributed by atoms with Crippen LogP contribution in [-0.2, 0) is 22.2 Å². The van der Waals surface area contributed by atoms with E-state index in [0.717, 1.165) is 5.56 Å². The van der Waals surface area contributed by atoms with E-state index in [1.54, 1.807) is 39.0 Å². The normalized spacial score (nSPS) is 13.3. The molecule has 0 aliphatic carbocycles. The molecule has 7 heteroatoms. The number of aryl methyl sites for hydroxylation is 1. The van der Waals surface area contributed by atoms with Crippen LogP contribution in [0.15, 0.2) is 24.3 Å². The van der Waals surface area contributed by atoms with E-state index in [9.17, 15) is 19.5 Å².